The number of sulfonamides is 1. The molecule has 6 heteroatoms. The van der Waals surface area contributed by atoms with Gasteiger partial charge in [-0.2, -0.15) is 4.31 Å². The lowest BCUT2D eigenvalue weighted by molar-refractivity contribution is -0.127. The van der Waals surface area contributed by atoms with E-state index >= 15 is 0 Å². The van der Waals surface area contributed by atoms with E-state index in [0.29, 0.717) is 24.3 Å². The minimum absolute atomic E-state index is 0.0818. The highest BCUT2D eigenvalue weighted by atomic mass is 32.2. The molecule has 0 aliphatic carbocycles. The minimum atomic E-state index is -3.68. The van der Waals surface area contributed by atoms with Crippen molar-refractivity contribution in [1.82, 2.24) is 9.21 Å². The Kier molecular flexibility index (Phi) is 5.12. The van der Waals surface area contributed by atoms with Crippen LogP contribution in [0.25, 0.3) is 0 Å². The van der Waals surface area contributed by atoms with Crippen molar-refractivity contribution in [2.75, 3.05) is 20.1 Å². The second-order valence-electron chi connectivity index (χ2n) is 7.94. The Balaban J connectivity index is 1.75. The van der Waals surface area contributed by atoms with Crippen LogP contribution in [0, 0.1) is 12.8 Å². The number of rotatable bonds is 4. The van der Waals surface area contributed by atoms with Crippen molar-refractivity contribution in [2.24, 2.45) is 5.92 Å². The Morgan fingerprint density at radius 2 is 1.71 bits per heavy atom. The van der Waals surface area contributed by atoms with Crippen LogP contribution in [0.4, 0.5) is 0 Å². The lowest BCUT2D eigenvalue weighted by Crippen LogP contribution is -2.52. The summed E-state index contributed by atoms with van der Waals surface area (Å²) in [6.45, 7) is 2.89. The van der Waals surface area contributed by atoms with Gasteiger partial charge in [0.05, 0.1) is 4.90 Å². The van der Waals surface area contributed by atoms with Gasteiger partial charge in [-0.15, -0.1) is 0 Å². The zero-order valence-electron chi connectivity index (χ0n) is 16.3. The summed E-state index contributed by atoms with van der Waals surface area (Å²) in [5, 5.41) is 0. The molecule has 0 amide bonds. The third-order valence-corrected chi connectivity index (χ3v) is 8.01. The Hall–Kier alpha value is -2.02. The standard InChI is InChI=1S/C22H26N2O3S/c1-16-8-10-18(11-9-16)28(26,27)24-15-19-21(25)12-13-23(2)22(19)20(24)14-17-6-4-3-5-7-17/h3-11,19-20,22H,12-15H2,1-2H3/t19-,20+,22+/m1/s1. The number of nitrogens with zero attached hydrogens (tertiary/aromatic N) is 2. The SMILES string of the molecule is Cc1ccc(S(=O)(=O)N2C[C@@H]3C(=O)CCN(C)[C@@H]3[C@@H]2Cc2ccccc2)cc1. The maximum atomic E-state index is 13.5. The van der Waals surface area contributed by atoms with Crippen molar-refractivity contribution in [3.63, 3.8) is 0 Å². The molecular weight excluding hydrogens is 372 g/mol. The number of carbonyl (C=O) groups is 1. The van der Waals surface area contributed by atoms with Crippen molar-refractivity contribution in [3.05, 3.63) is 65.7 Å². The largest absolute Gasteiger partial charge is 0.301 e. The van der Waals surface area contributed by atoms with Gasteiger partial charge in [0.1, 0.15) is 5.78 Å². The van der Waals surface area contributed by atoms with Gasteiger partial charge in [0.15, 0.2) is 0 Å². The van der Waals surface area contributed by atoms with E-state index in [2.05, 4.69) is 4.90 Å². The molecule has 0 radical (unpaired) electrons. The fourth-order valence-electron chi connectivity index (χ4n) is 4.59. The third-order valence-electron chi connectivity index (χ3n) is 6.10. The van der Waals surface area contributed by atoms with Gasteiger partial charge in [0, 0.05) is 37.5 Å². The molecule has 0 bridgehead atoms. The predicted molar refractivity (Wildman–Crippen MR) is 109 cm³/mol. The zero-order chi connectivity index (χ0) is 19.9. The molecule has 28 heavy (non-hydrogen) atoms. The normalized spacial score (nSPS) is 26.4. The van der Waals surface area contributed by atoms with Crippen LogP contribution < -0.4 is 0 Å². The average Bonchev–Trinajstić information content (AvgIpc) is 3.07. The van der Waals surface area contributed by atoms with E-state index in [0.717, 1.165) is 11.1 Å². The van der Waals surface area contributed by atoms with Gasteiger partial charge in [-0.05, 0) is 38.1 Å². The smallest absolute Gasteiger partial charge is 0.243 e. The van der Waals surface area contributed by atoms with E-state index in [1.165, 1.54) is 0 Å². The number of hydrogen-bond acceptors (Lipinski definition) is 4. The van der Waals surface area contributed by atoms with E-state index in [9.17, 15) is 13.2 Å². The van der Waals surface area contributed by atoms with Crippen LogP contribution in [-0.2, 0) is 21.2 Å². The van der Waals surface area contributed by atoms with E-state index in [1.807, 2.05) is 56.4 Å². The number of Topliss-reactive ketones (excluding diaryl/α,β-unsaturated/α-hetero) is 1. The zero-order valence-corrected chi connectivity index (χ0v) is 17.1. The average molecular weight is 399 g/mol. The van der Waals surface area contributed by atoms with Crippen LogP contribution in [0.2, 0.25) is 0 Å². The first-order valence-corrected chi connectivity index (χ1v) is 11.2. The van der Waals surface area contributed by atoms with E-state index in [1.54, 1.807) is 16.4 Å². The molecule has 2 fully saturated rings. The molecular formula is C22H26N2O3S. The minimum Gasteiger partial charge on any atom is -0.301 e. The van der Waals surface area contributed by atoms with Gasteiger partial charge in [0.25, 0.3) is 0 Å². The van der Waals surface area contributed by atoms with Crippen molar-refractivity contribution in [3.8, 4) is 0 Å². The Morgan fingerprint density at radius 3 is 2.39 bits per heavy atom. The molecule has 0 unspecified atom stereocenters. The molecule has 0 spiro atoms. The molecule has 4 rings (SSSR count). The fourth-order valence-corrected chi connectivity index (χ4v) is 6.25. The lowest BCUT2D eigenvalue weighted by Gasteiger charge is -2.37. The number of piperidine rings is 1. The van der Waals surface area contributed by atoms with Crippen LogP contribution in [0.1, 0.15) is 17.5 Å². The number of aryl methyl sites for hydroxylation is 1. The molecule has 5 nitrogen and oxygen atoms in total. The van der Waals surface area contributed by atoms with Crippen molar-refractivity contribution in [1.29, 1.82) is 0 Å². The highest BCUT2D eigenvalue weighted by Gasteiger charge is 2.52. The van der Waals surface area contributed by atoms with Crippen LogP contribution in [0.5, 0.6) is 0 Å². The fraction of sp³-hybridized carbons (Fsp3) is 0.409. The monoisotopic (exact) mass is 398 g/mol. The summed E-state index contributed by atoms with van der Waals surface area (Å²) in [5.41, 5.74) is 2.11. The molecule has 148 valence electrons. The van der Waals surface area contributed by atoms with E-state index in [4.69, 9.17) is 0 Å². The summed E-state index contributed by atoms with van der Waals surface area (Å²) >= 11 is 0. The van der Waals surface area contributed by atoms with Crippen LogP contribution in [0.15, 0.2) is 59.5 Å². The number of likely N-dealkylation sites (tertiary alicyclic amines) is 1. The van der Waals surface area contributed by atoms with E-state index < -0.39 is 10.0 Å². The topological polar surface area (TPSA) is 57.7 Å². The maximum absolute atomic E-state index is 13.5. The molecule has 3 atom stereocenters. The van der Waals surface area contributed by atoms with Gasteiger partial charge < -0.3 is 4.90 Å². The lowest BCUT2D eigenvalue weighted by atomic mass is 9.86. The third kappa shape index (κ3) is 3.41. The quantitative estimate of drug-likeness (QED) is 0.794. The number of ketones is 1. The first-order valence-electron chi connectivity index (χ1n) is 9.73. The summed E-state index contributed by atoms with van der Waals surface area (Å²) in [4.78, 5) is 15.1. The van der Waals surface area contributed by atoms with Crippen LogP contribution >= 0.6 is 0 Å². The second kappa shape index (κ2) is 7.43. The van der Waals surface area contributed by atoms with Gasteiger partial charge >= 0.3 is 0 Å². The summed E-state index contributed by atoms with van der Waals surface area (Å²) < 4.78 is 28.6. The first-order chi connectivity index (χ1) is 13.4. The molecule has 2 heterocycles. The Labute approximate surface area is 167 Å². The summed E-state index contributed by atoms with van der Waals surface area (Å²) in [6.07, 6.45) is 1.10. The van der Waals surface area contributed by atoms with Crippen molar-refractivity contribution >= 4 is 15.8 Å². The Bertz CT molecular complexity index is 957. The van der Waals surface area contributed by atoms with Crippen molar-refractivity contribution < 1.29 is 13.2 Å². The predicted octanol–water partition coefficient (Wildman–Crippen LogP) is 2.50. The molecule has 0 aromatic heterocycles. The molecule has 2 saturated heterocycles. The number of carbonyl (C=O) groups excluding carboxylic acids is 1. The van der Waals surface area contributed by atoms with Crippen LogP contribution in [0.3, 0.4) is 0 Å². The maximum Gasteiger partial charge on any atom is 0.243 e. The molecule has 2 aromatic carbocycles. The summed E-state index contributed by atoms with van der Waals surface area (Å²) in [5.74, 6) is -0.0737. The molecule has 0 saturated carbocycles. The summed E-state index contributed by atoms with van der Waals surface area (Å²) in [7, 11) is -1.67. The van der Waals surface area contributed by atoms with Gasteiger partial charge in [0.2, 0.25) is 10.0 Å². The van der Waals surface area contributed by atoms with Crippen LogP contribution in [-0.4, -0.2) is 55.6 Å². The highest BCUT2D eigenvalue weighted by molar-refractivity contribution is 7.89. The number of benzene rings is 2. The van der Waals surface area contributed by atoms with Gasteiger partial charge in [-0.25, -0.2) is 8.42 Å². The van der Waals surface area contributed by atoms with Gasteiger partial charge in [-0.3, -0.25) is 4.79 Å². The van der Waals surface area contributed by atoms with E-state index in [-0.39, 0.29) is 30.3 Å². The molecule has 2 aliphatic rings. The molecule has 0 N–H and O–H groups in total. The summed E-state index contributed by atoms with van der Waals surface area (Å²) in [6, 6.07) is 16.6. The van der Waals surface area contributed by atoms with Gasteiger partial charge in [-0.1, -0.05) is 48.0 Å². The number of fused-ring (bicyclic) bond motifs is 1. The highest BCUT2D eigenvalue weighted by Crippen LogP contribution is 2.37. The Morgan fingerprint density at radius 1 is 1.04 bits per heavy atom. The van der Waals surface area contributed by atoms with Crippen molar-refractivity contribution in [2.45, 2.75) is 36.7 Å². The molecule has 2 aliphatic heterocycles. The first kappa shape index (κ1) is 19.3. The number of likely N-dealkylation sites (N-methyl/N-ethyl adjacent to an activating group) is 1. The molecule has 2 aromatic rings. The second-order valence-corrected chi connectivity index (χ2v) is 9.83. The number of hydrogen-bond donors (Lipinski definition) is 0.